The van der Waals surface area contributed by atoms with E-state index in [1.165, 1.54) is 11.8 Å². The van der Waals surface area contributed by atoms with Crippen molar-refractivity contribution in [2.75, 3.05) is 5.75 Å². The molecule has 0 saturated carbocycles. The number of rotatable bonds is 9. The molecule has 3 aromatic heterocycles. The summed E-state index contributed by atoms with van der Waals surface area (Å²) in [7, 11) is 1.74. The normalized spacial score (nSPS) is 10.8. The molecule has 0 aliphatic carbocycles. The summed E-state index contributed by atoms with van der Waals surface area (Å²) in [6, 6.07) is 14.0. The number of nitrogens with one attached hydrogen (secondary N) is 1. The van der Waals surface area contributed by atoms with E-state index in [0.29, 0.717) is 39.8 Å². The average Bonchev–Trinajstić information content (AvgIpc) is 3.54. The molecule has 0 spiro atoms. The second-order valence-electron chi connectivity index (χ2n) is 6.98. The number of carbonyl (C=O) groups is 2. The van der Waals surface area contributed by atoms with E-state index in [1.54, 1.807) is 66.5 Å². The molecule has 33 heavy (non-hydrogen) atoms. The zero-order valence-corrected chi connectivity index (χ0v) is 19.2. The second-order valence-corrected chi connectivity index (χ2v) is 8.36. The highest BCUT2D eigenvalue weighted by atomic mass is 35.5. The summed E-state index contributed by atoms with van der Waals surface area (Å²) in [4.78, 5) is 24.6. The summed E-state index contributed by atoms with van der Waals surface area (Å²) >= 11 is 7.08. The van der Waals surface area contributed by atoms with Crippen LogP contribution in [0.1, 0.15) is 22.1 Å². The lowest BCUT2D eigenvalue weighted by Gasteiger charge is -2.10. The Morgan fingerprint density at radius 1 is 1.15 bits per heavy atom. The largest absolute Gasteiger partial charge is 0.486 e. The van der Waals surface area contributed by atoms with Crippen molar-refractivity contribution >= 4 is 35.2 Å². The zero-order valence-electron chi connectivity index (χ0n) is 17.6. The molecule has 11 heteroatoms. The molecule has 0 radical (unpaired) electrons. The molecule has 0 unspecified atom stereocenters. The molecule has 3 heterocycles. The number of hydrogen-bond donors (Lipinski definition) is 1. The Hall–Kier alpha value is -3.50. The van der Waals surface area contributed by atoms with E-state index < -0.39 is 11.8 Å². The molecule has 4 aromatic rings. The third-order valence-corrected chi connectivity index (χ3v) is 5.85. The number of aryl methyl sites for hydroxylation is 1. The molecule has 170 valence electrons. The van der Waals surface area contributed by atoms with Gasteiger partial charge >= 0.3 is 0 Å². The van der Waals surface area contributed by atoms with Crippen LogP contribution in [0.5, 0.6) is 5.75 Å². The molecular weight excluding hydrogens is 466 g/mol. The van der Waals surface area contributed by atoms with E-state index in [2.05, 4.69) is 15.5 Å². The molecule has 0 saturated heterocycles. The fraction of sp³-hybridized carbons (Fsp3) is 0.182. The van der Waals surface area contributed by atoms with Crippen LogP contribution in [0.2, 0.25) is 5.02 Å². The SMILES string of the molecule is Cn1cccc1C(=O)NC(=O)CSc1nnc(COc2ccc(Cl)cc2)n1Cc1ccco1. The predicted octanol–water partition coefficient (Wildman–Crippen LogP) is 3.54. The highest BCUT2D eigenvalue weighted by Gasteiger charge is 2.18. The number of ether oxygens (including phenoxy) is 1. The van der Waals surface area contributed by atoms with Gasteiger partial charge in [0, 0.05) is 18.3 Å². The number of carbonyl (C=O) groups excluding carboxylic acids is 2. The van der Waals surface area contributed by atoms with Crippen LogP contribution in [0.25, 0.3) is 0 Å². The first kappa shape index (κ1) is 22.7. The van der Waals surface area contributed by atoms with Crippen molar-refractivity contribution in [2.24, 2.45) is 7.05 Å². The Morgan fingerprint density at radius 3 is 2.67 bits per heavy atom. The number of thioether (sulfide) groups is 1. The van der Waals surface area contributed by atoms with Crippen molar-refractivity contribution in [3.8, 4) is 5.75 Å². The summed E-state index contributed by atoms with van der Waals surface area (Å²) in [5.74, 6) is 1.00. The lowest BCUT2D eigenvalue weighted by molar-refractivity contribution is -0.117. The summed E-state index contributed by atoms with van der Waals surface area (Å²) in [6.07, 6.45) is 3.32. The van der Waals surface area contributed by atoms with Gasteiger partial charge in [0.1, 0.15) is 23.8 Å². The Balaban J connectivity index is 1.42. The minimum absolute atomic E-state index is 0.00943. The van der Waals surface area contributed by atoms with Crippen molar-refractivity contribution < 1.29 is 18.7 Å². The quantitative estimate of drug-likeness (QED) is 0.361. The first-order chi connectivity index (χ1) is 16.0. The van der Waals surface area contributed by atoms with Gasteiger partial charge in [-0.3, -0.25) is 19.5 Å². The standard InChI is InChI=1S/C22H20ClN5O4S/c1-27-10-2-5-18(27)21(30)24-20(29)14-33-22-26-25-19(28(22)12-17-4-3-11-31-17)13-32-16-8-6-15(23)7-9-16/h2-11H,12-14H2,1H3,(H,24,29,30). The first-order valence-corrected chi connectivity index (χ1v) is 11.3. The summed E-state index contributed by atoms with van der Waals surface area (Å²) < 4.78 is 14.7. The molecule has 2 amide bonds. The topological polar surface area (TPSA) is 104 Å². The number of halogens is 1. The maximum Gasteiger partial charge on any atom is 0.274 e. The van der Waals surface area contributed by atoms with Crippen LogP contribution in [-0.2, 0) is 25.0 Å². The third kappa shape index (κ3) is 5.85. The van der Waals surface area contributed by atoms with Crippen molar-refractivity contribution in [2.45, 2.75) is 18.3 Å². The van der Waals surface area contributed by atoms with Gasteiger partial charge in [-0.1, -0.05) is 23.4 Å². The molecule has 1 N–H and O–H groups in total. The molecule has 0 atom stereocenters. The van der Waals surface area contributed by atoms with Gasteiger partial charge in [-0.2, -0.15) is 0 Å². The molecular formula is C22H20ClN5O4S. The van der Waals surface area contributed by atoms with Gasteiger partial charge < -0.3 is 13.7 Å². The van der Waals surface area contributed by atoms with Gasteiger partial charge in [-0.25, -0.2) is 0 Å². The maximum atomic E-state index is 12.3. The summed E-state index contributed by atoms with van der Waals surface area (Å²) in [5, 5.41) is 11.9. The van der Waals surface area contributed by atoms with Gasteiger partial charge in [-0.05, 0) is 48.5 Å². The van der Waals surface area contributed by atoms with Gasteiger partial charge in [0.25, 0.3) is 5.91 Å². The fourth-order valence-electron chi connectivity index (χ4n) is 2.98. The van der Waals surface area contributed by atoms with Gasteiger partial charge in [-0.15, -0.1) is 10.2 Å². The van der Waals surface area contributed by atoms with Crippen LogP contribution in [0, 0.1) is 0 Å². The number of amides is 2. The molecule has 0 bridgehead atoms. The summed E-state index contributed by atoms with van der Waals surface area (Å²) in [6.45, 7) is 0.527. The lowest BCUT2D eigenvalue weighted by atomic mass is 10.3. The minimum atomic E-state index is -0.456. The smallest absolute Gasteiger partial charge is 0.274 e. The van der Waals surface area contributed by atoms with Crippen molar-refractivity contribution in [3.63, 3.8) is 0 Å². The molecule has 0 aliphatic rings. The molecule has 9 nitrogen and oxygen atoms in total. The first-order valence-electron chi connectivity index (χ1n) is 9.91. The zero-order chi connectivity index (χ0) is 23.2. The van der Waals surface area contributed by atoms with Crippen LogP contribution >= 0.6 is 23.4 Å². The second kappa shape index (κ2) is 10.4. The van der Waals surface area contributed by atoms with E-state index in [4.69, 9.17) is 20.8 Å². The molecule has 1 aromatic carbocycles. The van der Waals surface area contributed by atoms with Crippen LogP contribution in [-0.4, -0.2) is 36.9 Å². The highest BCUT2D eigenvalue weighted by molar-refractivity contribution is 7.99. The van der Waals surface area contributed by atoms with E-state index in [0.717, 1.165) is 0 Å². The molecule has 0 aliphatic heterocycles. The van der Waals surface area contributed by atoms with Crippen LogP contribution in [0.3, 0.4) is 0 Å². The Morgan fingerprint density at radius 2 is 1.97 bits per heavy atom. The Labute approximate surface area is 198 Å². The van der Waals surface area contributed by atoms with Gasteiger partial charge in [0.15, 0.2) is 11.0 Å². The fourth-order valence-corrected chi connectivity index (χ4v) is 3.86. The third-order valence-electron chi connectivity index (χ3n) is 4.63. The number of hydrogen-bond acceptors (Lipinski definition) is 7. The summed E-state index contributed by atoms with van der Waals surface area (Å²) in [5.41, 5.74) is 0.399. The average molecular weight is 486 g/mol. The number of aromatic nitrogens is 4. The van der Waals surface area contributed by atoms with E-state index in [9.17, 15) is 9.59 Å². The van der Waals surface area contributed by atoms with E-state index >= 15 is 0 Å². The maximum absolute atomic E-state index is 12.3. The van der Waals surface area contributed by atoms with Crippen molar-refractivity contribution in [1.29, 1.82) is 0 Å². The molecule has 0 fully saturated rings. The van der Waals surface area contributed by atoms with E-state index in [1.807, 2.05) is 10.6 Å². The minimum Gasteiger partial charge on any atom is -0.486 e. The predicted molar refractivity (Wildman–Crippen MR) is 122 cm³/mol. The van der Waals surface area contributed by atoms with Crippen LogP contribution < -0.4 is 10.1 Å². The monoisotopic (exact) mass is 485 g/mol. The molecule has 4 rings (SSSR count). The van der Waals surface area contributed by atoms with Crippen molar-refractivity contribution in [3.05, 3.63) is 83.3 Å². The highest BCUT2D eigenvalue weighted by Crippen LogP contribution is 2.21. The number of nitrogens with zero attached hydrogens (tertiary/aromatic N) is 4. The Bertz CT molecular complexity index is 1230. The van der Waals surface area contributed by atoms with Gasteiger partial charge in [0.05, 0.1) is 18.6 Å². The number of imide groups is 1. The van der Waals surface area contributed by atoms with Crippen LogP contribution in [0.15, 0.2) is 70.6 Å². The lowest BCUT2D eigenvalue weighted by Crippen LogP contribution is -2.33. The Kier molecular flexibility index (Phi) is 7.16. The number of benzene rings is 1. The van der Waals surface area contributed by atoms with Gasteiger partial charge in [0.2, 0.25) is 5.91 Å². The van der Waals surface area contributed by atoms with E-state index in [-0.39, 0.29) is 12.4 Å². The van der Waals surface area contributed by atoms with Crippen molar-refractivity contribution in [1.82, 2.24) is 24.6 Å². The van der Waals surface area contributed by atoms with Crippen LogP contribution in [0.4, 0.5) is 0 Å². The number of furan rings is 1.